The van der Waals surface area contributed by atoms with E-state index in [0.29, 0.717) is 59.6 Å². The summed E-state index contributed by atoms with van der Waals surface area (Å²) < 4.78 is 18.8. The van der Waals surface area contributed by atoms with Gasteiger partial charge in [-0.3, -0.25) is 14.6 Å². The molecule has 0 bridgehead atoms. The van der Waals surface area contributed by atoms with Crippen molar-refractivity contribution in [3.63, 3.8) is 0 Å². The van der Waals surface area contributed by atoms with E-state index in [9.17, 15) is 9.59 Å². The zero-order valence-electron chi connectivity index (χ0n) is 20.0. The fourth-order valence-corrected chi connectivity index (χ4v) is 5.12. The molecule has 1 fully saturated rings. The molecule has 0 unspecified atom stereocenters. The van der Waals surface area contributed by atoms with Crippen molar-refractivity contribution < 1.29 is 14.0 Å². The van der Waals surface area contributed by atoms with Crippen LogP contribution < -0.4 is 5.84 Å². The number of hydrogen-bond donors (Lipinski definition) is 1. The molecule has 2 amide bonds. The van der Waals surface area contributed by atoms with E-state index < -0.39 is 0 Å². The smallest absolute Gasteiger partial charge is 0.253 e. The molecule has 2 heterocycles. The number of nitrogens with two attached hydrogens (primary N) is 1. The van der Waals surface area contributed by atoms with Crippen LogP contribution in [0.2, 0.25) is 0 Å². The van der Waals surface area contributed by atoms with Gasteiger partial charge in [-0.15, -0.1) is 0 Å². The number of benzene rings is 1. The normalized spacial score (nSPS) is 16.5. The molecule has 1 aromatic carbocycles. The van der Waals surface area contributed by atoms with Gasteiger partial charge < -0.3 is 20.2 Å². The molecule has 4 rings (SSSR count). The second-order valence-corrected chi connectivity index (χ2v) is 10.1. The first-order chi connectivity index (χ1) is 16.8. The molecule has 0 atom stereocenters. The monoisotopic (exact) mass is 544 g/mol. The molecule has 0 radical (unpaired) electrons. The molecule has 0 saturated heterocycles. The summed E-state index contributed by atoms with van der Waals surface area (Å²) in [7, 11) is 3.35. The van der Waals surface area contributed by atoms with E-state index in [0.717, 1.165) is 23.9 Å². The van der Waals surface area contributed by atoms with Crippen molar-refractivity contribution >= 4 is 56.6 Å². The molecule has 35 heavy (non-hydrogen) atoms. The highest BCUT2D eigenvalue weighted by molar-refractivity contribution is 9.10. The lowest BCUT2D eigenvalue weighted by Gasteiger charge is -2.28. The second kappa shape index (κ2) is 10.7. The number of aliphatic imine (C=N–C) groups is 1. The zero-order valence-corrected chi connectivity index (χ0v) is 21.6. The number of carbonyl (C=O) groups excluding carboxylic acids is 2. The molecule has 2 aliphatic rings. The van der Waals surface area contributed by atoms with Crippen LogP contribution in [0.25, 0.3) is 16.5 Å². The van der Waals surface area contributed by atoms with Crippen LogP contribution in [-0.4, -0.2) is 72.3 Å². The van der Waals surface area contributed by atoms with Gasteiger partial charge in [-0.25, -0.2) is 4.39 Å². The lowest BCUT2D eigenvalue weighted by atomic mass is 10.0. The number of aromatic nitrogens is 1. The van der Waals surface area contributed by atoms with E-state index in [-0.39, 0.29) is 24.1 Å². The Bertz CT molecular complexity index is 1230. The van der Waals surface area contributed by atoms with E-state index in [1.165, 1.54) is 17.3 Å². The minimum absolute atomic E-state index is 0.0252. The Hall–Kier alpha value is -3.01. The minimum atomic E-state index is -0.346. The van der Waals surface area contributed by atoms with Crippen LogP contribution in [0.1, 0.15) is 41.7 Å². The first-order valence-electron chi connectivity index (χ1n) is 11.7. The van der Waals surface area contributed by atoms with Crippen molar-refractivity contribution in [3.8, 4) is 0 Å². The molecule has 8 nitrogen and oxygen atoms in total. The van der Waals surface area contributed by atoms with Gasteiger partial charge in [0, 0.05) is 68.3 Å². The number of rotatable bonds is 8. The average Bonchev–Trinajstić information content (AvgIpc) is 3.61. The molecule has 186 valence electrons. The quantitative estimate of drug-likeness (QED) is 0.312. The van der Waals surface area contributed by atoms with Crippen molar-refractivity contribution in [2.45, 2.75) is 32.2 Å². The highest BCUT2D eigenvalue weighted by atomic mass is 79.9. The summed E-state index contributed by atoms with van der Waals surface area (Å²) in [5.74, 6) is 4.99. The van der Waals surface area contributed by atoms with Gasteiger partial charge in [0.05, 0.1) is 17.4 Å². The lowest BCUT2D eigenvalue weighted by Crippen LogP contribution is -2.36. The van der Waals surface area contributed by atoms with Crippen LogP contribution in [0, 0.1) is 11.7 Å². The van der Waals surface area contributed by atoms with E-state index in [1.807, 2.05) is 10.6 Å². The number of halogens is 2. The van der Waals surface area contributed by atoms with Gasteiger partial charge in [-0.1, -0.05) is 6.08 Å². The van der Waals surface area contributed by atoms with E-state index in [2.05, 4.69) is 26.0 Å². The minimum Gasteiger partial charge on any atom is -0.345 e. The number of carbonyl (C=O) groups is 2. The third-order valence-corrected chi connectivity index (χ3v) is 6.96. The molecular weight excluding hydrogens is 515 g/mol. The summed E-state index contributed by atoms with van der Waals surface area (Å²) in [5, 5.41) is 3.75. The highest BCUT2D eigenvalue weighted by Gasteiger charge is 2.30. The summed E-state index contributed by atoms with van der Waals surface area (Å²) in [5.41, 5.74) is 2.49. The standard InChI is InChI=1S/C25H30BrFN6O2/c1-31(2)25(35)18-12-19-22(27)23(33(14-16-5-6-16)24(19)20(26)13-18)17-4-3-11-32(15-17)21(34)7-8-29-9-10-30-28/h4,9-10,12-13,16H,3,5-8,11,14-15,28H2,1-2H3/b29-9?,30-10-. The van der Waals surface area contributed by atoms with Gasteiger partial charge in [-0.05, 0) is 58.8 Å². The molecule has 2 aromatic rings. The molecule has 1 saturated carbocycles. The lowest BCUT2D eigenvalue weighted by molar-refractivity contribution is -0.130. The van der Waals surface area contributed by atoms with Crippen molar-refractivity contribution in [2.75, 3.05) is 33.7 Å². The molecule has 1 aliphatic carbocycles. The Balaban J connectivity index is 1.67. The van der Waals surface area contributed by atoms with E-state index in [4.69, 9.17) is 5.84 Å². The van der Waals surface area contributed by atoms with Crippen LogP contribution in [-0.2, 0) is 11.3 Å². The molecule has 1 aromatic heterocycles. The maximum Gasteiger partial charge on any atom is 0.253 e. The fourth-order valence-electron chi connectivity index (χ4n) is 4.44. The van der Waals surface area contributed by atoms with E-state index in [1.54, 1.807) is 31.1 Å². The van der Waals surface area contributed by atoms with Gasteiger partial charge in [-0.2, -0.15) is 5.10 Å². The van der Waals surface area contributed by atoms with Crippen LogP contribution >= 0.6 is 15.9 Å². The van der Waals surface area contributed by atoms with Crippen molar-refractivity contribution in [1.29, 1.82) is 0 Å². The van der Waals surface area contributed by atoms with Gasteiger partial charge in [0.15, 0.2) is 5.82 Å². The predicted octanol–water partition coefficient (Wildman–Crippen LogP) is 3.68. The number of amides is 2. The zero-order chi connectivity index (χ0) is 25.1. The topological polar surface area (TPSA) is 96.3 Å². The van der Waals surface area contributed by atoms with Gasteiger partial charge >= 0.3 is 0 Å². The summed E-state index contributed by atoms with van der Waals surface area (Å²) in [6.07, 6.45) is 8.01. The van der Waals surface area contributed by atoms with Crippen molar-refractivity contribution in [2.24, 2.45) is 21.9 Å². The van der Waals surface area contributed by atoms with Gasteiger partial charge in [0.1, 0.15) is 0 Å². The maximum absolute atomic E-state index is 16.1. The summed E-state index contributed by atoms with van der Waals surface area (Å²) in [6.45, 7) is 1.97. The third kappa shape index (κ3) is 5.47. The van der Waals surface area contributed by atoms with Crippen LogP contribution in [0.5, 0.6) is 0 Å². The Labute approximate surface area is 212 Å². The van der Waals surface area contributed by atoms with Gasteiger partial charge in [0.2, 0.25) is 5.91 Å². The van der Waals surface area contributed by atoms with Crippen LogP contribution in [0.15, 0.2) is 32.8 Å². The molecule has 10 heteroatoms. The molecule has 1 aliphatic heterocycles. The largest absolute Gasteiger partial charge is 0.345 e. The molecule has 2 N–H and O–H groups in total. The average molecular weight is 545 g/mol. The maximum atomic E-state index is 16.1. The molecular formula is C25H30BrFN6O2. The number of nitrogens with zero attached hydrogens (tertiary/aromatic N) is 5. The van der Waals surface area contributed by atoms with Crippen molar-refractivity contribution in [1.82, 2.24) is 14.4 Å². The number of hydrazone groups is 1. The first kappa shape index (κ1) is 25.1. The van der Waals surface area contributed by atoms with Crippen molar-refractivity contribution in [3.05, 3.63) is 39.8 Å². The van der Waals surface area contributed by atoms with Crippen LogP contribution in [0.3, 0.4) is 0 Å². The Morgan fingerprint density at radius 3 is 2.74 bits per heavy atom. The predicted molar refractivity (Wildman–Crippen MR) is 140 cm³/mol. The van der Waals surface area contributed by atoms with Gasteiger partial charge in [0.25, 0.3) is 5.91 Å². The van der Waals surface area contributed by atoms with Crippen LogP contribution in [0.4, 0.5) is 4.39 Å². The SMILES string of the molecule is CN(C)C(=O)c1cc(Br)c2c(c1)c(F)c(C1=CCCN(C(=O)CCN=C/C=N\N)C1)n2CC1CC1. The third-order valence-electron chi connectivity index (χ3n) is 6.36. The second-order valence-electron chi connectivity index (χ2n) is 9.21. The summed E-state index contributed by atoms with van der Waals surface area (Å²) >= 11 is 3.61. The first-order valence-corrected chi connectivity index (χ1v) is 12.5. The Morgan fingerprint density at radius 1 is 1.29 bits per heavy atom. The number of hydrogen-bond acceptors (Lipinski definition) is 5. The summed E-state index contributed by atoms with van der Waals surface area (Å²) in [4.78, 5) is 32.7. The van der Waals surface area contributed by atoms with E-state index >= 15 is 4.39 Å². The fraction of sp³-hybridized carbons (Fsp3) is 0.440. The molecule has 0 spiro atoms. The Kier molecular flexibility index (Phi) is 7.69. The number of fused-ring (bicyclic) bond motifs is 1. The highest BCUT2D eigenvalue weighted by Crippen LogP contribution is 2.40. The summed E-state index contributed by atoms with van der Waals surface area (Å²) in [6, 6.07) is 3.40. The Morgan fingerprint density at radius 2 is 2.06 bits per heavy atom.